The first-order valence-corrected chi connectivity index (χ1v) is 11.8. The zero-order valence-electron chi connectivity index (χ0n) is 20.2. The van der Waals surface area contributed by atoms with Crippen molar-refractivity contribution in [3.63, 3.8) is 0 Å². The van der Waals surface area contributed by atoms with E-state index in [0.29, 0.717) is 0 Å². The maximum Gasteiger partial charge on any atom is 0.495 e. The summed E-state index contributed by atoms with van der Waals surface area (Å²) in [6, 6.07) is 24.5. The van der Waals surface area contributed by atoms with Crippen LogP contribution in [0.15, 0.2) is 66.7 Å². The largest absolute Gasteiger partial charge is 0.495 e. The van der Waals surface area contributed by atoms with Crippen LogP contribution in [0.5, 0.6) is 0 Å². The number of aryl methyl sites for hydroxylation is 2. The van der Waals surface area contributed by atoms with E-state index < -0.39 is 0 Å². The molecule has 2 aliphatic rings. The molecule has 4 aromatic rings. The lowest BCUT2D eigenvalue weighted by Gasteiger charge is -2.32. The third-order valence-electron chi connectivity index (χ3n) is 7.95. The molecule has 0 N–H and O–H groups in total. The highest BCUT2D eigenvalue weighted by atomic mass is 16.7. The van der Waals surface area contributed by atoms with E-state index in [1.54, 1.807) is 0 Å². The molecule has 6 rings (SSSR count). The zero-order valence-corrected chi connectivity index (χ0v) is 20.2. The minimum Gasteiger partial charge on any atom is -0.399 e. The predicted molar refractivity (Wildman–Crippen MR) is 139 cm³/mol. The first-order valence-electron chi connectivity index (χ1n) is 11.8. The molecule has 1 aliphatic carbocycles. The maximum atomic E-state index is 6.42. The zero-order chi connectivity index (χ0) is 23.1. The summed E-state index contributed by atoms with van der Waals surface area (Å²) in [7, 11) is -0.367. The second-order valence-electron chi connectivity index (χ2n) is 10.5. The van der Waals surface area contributed by atoms with Gasteiger partial charge in [-0.3, -0.25) is 0 Å². The predicted octanol–water partition coefficient (Wildman–Crippen LogP) is 7.07. The van der Waals surface area contributed by atoms with Gasteiger partial charge in [-0.2, -0.15) is 0 Å². The first-order chi connectivity index (χ1) is 15.7. The Labute approximate surface area is 196 Å². The van der Waals surface area contributed by atoms with E-state index in [1.165, 1.54) is 55.3 Å². The Bertz CT molecular complexity index is 1410. The van der Waals surface area contributed by atoms with Crippen LogP contribution in [-0.4, -0.2) is 18.3 Å². The van der Waals surface area contributed by atoms with E-state index in [0.717, 1.165) is 5.46 Å². The van der Waals surface area contributed by atoms with E-state index in [9.17, 15) is 0 Å². The van der Waals surface area contributed by atoms with Gasteiger partial charge in [0.1, 0.15) is 0 Å². The van der Waals surface area contributed by atoms with E-state index in [-0.39, 0.29) is 18.3 Å². The lowest BCUT2D eigenvalue weighted by atomic mass is 9.75. The van der Waals surface area contributed by atoms with Crippen molar-refractivity contribution in [3.8, 4) is 33.4 Å². The Kier molecular flexibility index (Phi) is 4.28. The van der Waals surface area contributed by atoms with Crippen molar-refractivity contribution in [3.05, 3.63) is 77.9 Å². The number of benzene rings is 4. The normalized spacial score (nSPS) is 17.6. The van der Waals surface area contributed by atoms with Gasteiger partial charge in [-0.05, 0) is 108 Å². The molecule has 4 aromatic carbocycles. The van der Waals surface area contributed by atoms with Gasteiger partial charge in [0.2, 0.25) is 0 Å². The van der Waals surface area contributed by atoms with Crippen LogP contribution in [0, 0.1) is 13.8 Å². The quantitative estimate of drug-likeness (QED) is 0.278. The van der Waals surface area contributed by atoms with Crippen LogP contribution in [0.25, 0.3) is 44.2 Å². The lowest BCUT2D eigenvalue weighted by molar-refractivity contribution is 0.00578. The molecule has 1 heterocycles. The highest BCUT2D eigenvalue weighted by Gasteiger charge is 2.52. The summed E-state index contributed by atoms with van der Waals surface area (Å²) in [5.41, 5.74) is 10.8. The monoisotopic (exact) mass is 432 g/mol. The molecule has 2 nitrogen and oxygen atoms in total. The van der Waals surface area contributed by atoms with Gasteiger partial charge >= 0.3 is 7.12 Å². The van der Waals surface area contributed by atoms with Crippen LogP contribution in [0.4, 0.5) is 0 Å². The van der Waals surface area contributed by atoms with Crippen molar-refractivity contribution in [1.29, 1.82) is 0 Å². The molecular formula is C30H29BO2. The number of fused-ring (bicyclic) bond motifs is 3. The molecule has 0 atom stereocenters. The third-order valence-corrected chi connectivity index (χ3v) is 7.95. The summed E-state index contributed by atoms with van der Waals surface area (Å²) in [5.74, 6) is 0. The Morgan fingerprint density at radius 2 is 1.24 bits per heavy atom. The molecular weight excluding hydrogens is 403 g/mol. The molecule has 1 fully saturated rings. The van der Waals surface area contributed by atoms with Crippen LogP contribution < -0.4 is 5.46 Å². The van der Waals surface area contributed by atoms with Crippen molar-refractivity contribution in [2.75, 3.05) is 0 Å². The summed E-state index contributed by atoms with van der Waals surface area (Å²) in [6.45, 7) is 12.8. The molecule has 0 aromatic heterocycles. The van der Waals surface area contributed by atoms with E-state index >= 15 is 0 Å². The standard InChI is InChI=1S/C30H29BO2/c1-18-9-7-10-19(2)27(18)20-13-14-21-22-11-8-12-24-26(16-15-23(28(22)24)25(21)17-20)31-32-29(3,4)30(5,6)33-31/h7-17H,1-6H3. The fraction of sp³-hybridized carbons (Fsp3) is 0.267. The molecule has 3 heteroatoms. The molecule has 0 bridgehead atoms. The van der Waals surface area contributed by atoms with E-state index in [2.05, 4.69) is 108 Å². The molecule has 0 saturated carbocycles. The van der Waals surface area contributed by atoms with Gasteiger partial charge in [-0.15, -0.1) is 0 Å². The van der Waals surface area contributed by atoms with E-state index in [4.69, 9.17) is 9.31 Å². The van der Waals surface area contributed by atoms with Crippen LogP contribution in [0.1, 0.15) is 38.8 Å². The smallest absolute Gasteiger partial charge is 0.399 e. The minimum absolute atomic E-state index is 0.357. The van der Waals surface area contributed by atoms with E-state index in [1.807, 2.05) is 0 Å². The lowest BCUT2D eigenvalue weighted by Crippen LogP contribution is -2.41. The van der Waals surface area contributed by atoms with Crippen LogP contribution in [-0.2, 0) is 9.31 Å². The topological polar surface area (TPSA) is 18.5 Å². The van der Waals surface area contributed by atoms with Gasteiger partial charge in [-0.1, -0.05) is 60.7 Å². The molecule has 0 unspecified atom stereocenters. The average molecular weight is 432 g/mol. The van der Waals surface area contributed by atoms with Gasteiger partial charge in [0.05, 0.1) is 11.2 Å². The van der Waals surface area contributed by atoms with Crippen molar-refractivity contribution >= 4 is 23.4 Å². The Morgan fingerprint density at radius 1 is 0.636 bits per heavy atom. The van der Waals surface area contributed by atoms with Gasteiger partial charge in [0.15, 0.2) is 0 Å². The Hall–Kier alpha value is -2.88. The van der Waals surface area contributed by atoms with Gasteiger partial charge in [0.25, 0.3) is 0 Å². The molecule has 0 spiro atoms. The van der Waals surface area contributed by atoms with Crippen LogP contribution in [0.3, 0.4) is 0 Å². The van der Waals surface area contributed by atoms with Crippen molar-refractivity contribution < 1.29 is 9.31 Å². The van der Waals surface area contributed by atoms with Crippen molar-refractivity contribution in [2.45, 2.75) is 52.7 Å². The highest BCUT2D eigenvalue weighted by molar-refractivity contribution is 6.65. The van der Waals surface area contributed by atoms with Gasteiger partial charge in [0, 0.05) is 0 Å². The Balaban J connectivity index is 1.52. The summed E-state index contributed by atoms with van der Waals surface area (Å²) in [4.78, 5) is 0. The molecule has 0 radical (unpaired) electrons. The van der Waals surface area contributed by atoms with Gasteiger partial charge in [-0.25, -0.2) is 0 Å². The second kappa shape index (κ2) is 6.82. The number of hydrogen-bond acceptors (Lipinski definition) is 2. The molecule has 33 heavy (non-hydrogen) atoms. The summed E-state index contributed by atoms with van der Waals surface area (Å²) in [6.07, 6.45) is 0. The third kappa shape index (κ3) is 2.89. The molecule has 0 amide bonds. The summed E-state index contributed by atoms with van der Waals surface area (Å²) >= 11 is 0. The molecule has 1 saturated heterocycles. The second-order valence-corrected chi connectivity index (χ2v) is 10.5. The highest BCUT2D eigenvalue weighted by Crippen LogP contribution is 2.48. The average Bonchev–Trinajstić information content (AvgIpc) is 3.19. The van der Waals surface area contributed by atoms with Crippen molar-refractivity contribution in [1.82, 2.24) is 0 Å². The Morgan fingerprint density at radius 3 is 1.94 bits per heavy atom. The first kappa shape index (κ1) is 20.7. The fourth-order valence-corrected chi connectivity index (χ4v) is 5.48. The summed E-state index contributed by atoms with van der Waals surface area (Å²) in [5, 5.41) is 2.52. The van der Waals surface area contributed by atoms with Crippen LogP contribution >= 0.6 is 0 Å². The van der Waals surface area contributed by atoms with Gasteiger partial charge < -0.3 is 9.31 Å². The summed E-state index contributed by atoms with van der Waals surface area (Å²) < 4.78 is 12.8. The number of rotatable bonds is 2. The fourth-order valence-electron chi connectivity index (χ4n) is 5.48. The minimum atomic E-state index is -0.367. The maximum absolute atomic E-state index is 6.42. The van der Waals surface area contributed by atoms with Crippen LogP contribution in [0.2, 0.25) is 0 Å². The number of hydrogen-bond donors (Lipinski definition) is 0. The molecule has 1 aliphatic heterocycles. The van der Waals surface area contributed by atoms with Crippen molar-refractivity contribution in [2.24, 2.45) is 0 Å². The SMILES string of the molecule is Cc1cccc(C)c1-c1ccc2c(c1)-c1ccc(B3OC(C)(C)C(C)(C)O3)c3cccc-2c13. The molecule has 164 valence electrons.